The summed E-state index contributed by atoms with van der Waals surface area (Å²) >= 11 is 0. The number of anilines is 1. The highest BCUT2D eigenvalue weighted by Gasteiger charge is 2.17. The first-order chi connectivity index (χ1) is 9.16. The van der Waals surface area contributed by atoms with Crippen molar-refractivity contribution in [1.29, 1.82) is 0 Å². The number of likely N-dealkylation sites (tertiary alicyclic amines) is 1. The molecule has 0 aromatic carbocycles. The van der Waals surface area contributed by atoms with Gasteiger partial charge in [-0.3, -0.25) is 0 Å². The first-order valence-corrected chi connectivity index (χ1v) is 7.32. The van der Waals surface area contributed by atoms with Crippen molar-refractivity contribution in [2.75, 3.05) is 25.0 Å². The molecule has 1 aromatic rings. The van der Waals surface area contributed by atoms with Crippen LogP contribution in [0.5, 0.6) is 0 Å². The number of hydrogen-bond acceptors (Lipinski definition) is 5. The molecule has 0 aliphatic carbocycles. The van der Waals surface area contributed by atoms with E-state index < -0.39 is 0 Å². The Balaban J connectivity index is 1.70. The number of aromatic nitrogens is 3. The molecule has 1 aliphatic rings. The van der Waals surface area contributed by atoms with Crippen LogP contribution in [0, 0.1) is 13.8 Å². The van der Waals surface area contributed by atoms with Crippen molar-refractivity contribution in [1.82, 2.24) is 20.1 Å². The van der Waals surface area contributed by atoms with E-state index in [1.165, 1.54) is 25.8 Å². The van der Waals surface area contributed by atoms with Crippen LogP contribution >= 0.6 is 0 Å². The van der Waals surface area contributed by atoms with Crippen LogP contribution in [0.25, 0.3) is 0 Å². The molecule has 5 nitrogen and oxygen atoms in total. The molecular weight excluding hydrogens is 238 g/mol. The Morgan fingerprint density at radius 2 is 2.05 bits per heavy atom. The highest BCUT2D eigenvalue weighted by Crippen LogP contribution is 2.16. The Morgan fingerprint density at radius 3 is 2.79 bits per heavy atom. The van der Waals surface area contributed by atoms with E-state index in [1.807, 2.05) is 13.8 Å². The van der Waals surface area contributed by atoms with Gasteiger partial charge in [-0.25, -0.2) is 4.98 Å². The number of nitrogens with zero attached hydrogens (tertiary/aromatic N) is 4. The van der Waals surface area contributed by atoms with E-state index in [2.05, 4.69) is 32.3 Å². The number of nitrogens with one attached hydrogen (secondary N) is 1. The van der Waals surface area contributed by atoms with E-state index in [1.54, 1.807) is 0 Å². The molecule has 1 N–H and O–H groups in total. The van der Waals surface area contributed by atoms with Crippen molar-refractivity contribution < 1.29 is 0 Å². The predicted molar refractivity (Wildman–Crippen MR) is 77.3 cm³/mol. The summed E-state index contributed by atoms with van der Waals surface area (Å²) in [5.74, 6) is 0.648. The van der Waals surface area contributed by atoms with Crippen molar-refractivity contribution in [2.45, 2.75) is 52.5 Å². The lowest BCUT2D eigenvalue weighted by Crippen LogP contribution is -2.38. The summed E-state index contributed by atoms with van der Waals surface area (Å²) in [5, 5.41) is 11.4. The van der Waals surface area contributed by atoms with Gasteiger partial charge in [-0.15, -0.1) is 5.10 Å². The fourth-order valence-electron chi connectivity index (χ4n) is 2.50. The molecule has 1 atom stereocenters. The van der Waals surface area contributed by atoms with E-state index >= 15 is 0 Å². The maximum Gasteiger partial charge on any atom is 0.242 e. The van der Waals surface area contributed by atoms with E-state index in [4.69, 9.17) is 0 Å². The molecule has 0 saturated carbocycles. The molecule has 2 heterocycles. The summed E-state index contributed by atoms with van der Waals surface area (Å²) in [6.45, 7) is 9.55. The second-order valence-electron chi connectivity index (χ2n) is 5.47. The number of piperidine rings is 1. The Bertz CT molecular complexity index is 407. The molecule has 0 amide bonds. The minimum atomic E-state index is 0.648. The van der Waals surface area contributed by atoms with Crippen LogP contribution in [-0.4, -0.2) is 45.8 Å². The van der Waals surface area contributed by atoms with Crippen LogP contribution < -0.4 is 5.32 Å². The molecule has 2 rings (SSSR count). The van der Waals surface area contributed by atoms with Gasteiger partial charge in [0, 0.05) is 19.1 Å². The summed E-state index contributed by atoms with van der Waals surface area (Å²) in [6, 6.07) is 0.744. The molecule has 1 aliphatic heterocycles. The molecule has 19 heavy (non-hydrogen) atoms. The molecule has 1 unspecified atom stereocenters. The second-order valence-corrected chi connectivity index (χ2v) is 5.47. The van der Waals surface area contributed by atoms with Crippen LogP contribution in [0.4, 0.5) is 5.95 Å². The largest absolute Gasteiger partial charge is 0.353 e. The van der Waals surface area contributed by atoms with Crippen molar-refractivity contribution in [2.24, 2.45) is 0 Å². The van der Waals surface area contributed by atoms with Gasteiger partial charge in [0.1, 0.15) is 0 Å². The van der Waals surface area contributed by atoms with E-state index in [0.29, 0.717) is 5.95 Å². The summed E-state index contributed by atoms with van der Waals surface area (Å²) in [5.41, 5.74) is 1.84. The van der Waals surface area contributed by atoms with Crippen LogP contribution in [0.3, 0.4) is 0 Å². The van der Waals surface area contributed by atoms with Gasteiger partial charge >= 0.3 is 0 Å². The van der Waals surface area contributed by atoms with Gasteiger partial charge in [0.2, 0.25) is 5.95 Å². The lowest BCUT2D eigenvalue weighted by Gasteiger charge is -2.33. The number of rotatable bonds is 5. The molecule has 1 fully saturated rings. The van der Waals surface area contributed by atoms with Crippen LogP contribution in [0.1, 0.15) is 44.0 Å². The average Bonchev–Trinajstić information content (AvgIpc) is 2.40. The van der Waals surface area contributed by atoms with Crippen LogP contribution in [-0.2, 0) is 0 Å². The molecular formula is C14H25N5. The molecule has 5 heteroatoms. The molecule has 0 radical (unpaired) electrons. The minimum absolute atomic E-state index is 0.648. The lowest BCUT2D eigenvalue weighted by atomic mass is 10.0. The van der Waals surface area contributed by atoms with Crippen LogP contribution in [0.2, 0.25) is 0 Å². The molecule has 106 valence electrons. The van der Waals surface area contributed by atoms with Gasteiger partial charge in [0.05, 0.1) is 11.4 Å². The van der Waals surface area contributed by atoms with Crippen molar-refractivity contribution in [3.05, 3.63) is 11.4 Å². The van der Waals surface area contributed by atoms with E-state index in [-0.39, 0.29) is 0 Å². The third kappa shape index (κ3) is 4.13. The summed E-state index contributed by atoms with van der Waals surface area (Å²) in [7, 11) is 0. The Kier molecular flexibility index (Phi) is 5.07. The zero-order valence-corrected chi connectivity index (χ0v) is 12.3. The van der Waals surface area contributed by atoms with Crippen LogP contribution in [0.15, 0.2) is 0 Å². The maximum atomic E-state index is 4.37. The van der Waals surface area contributed by atoms with Gasteiger partial charge in [-0.1, -0.05) is 6.42 Å². The zero-order chi connectivity index (χ0) is 13.7. The smallest absolute Gasteiger partial charge is 0.242 e. The monoisotopic (exact) mass is 263 g/mol. The van der Waals surface area contributed by atoms with Gasteiger partial charge in [-0.2, -0.15) is 5.10 Å². The second kappa shape index (κ2) is 6.80. The molecule has 1 saturated heterocycles. The van der Waals surface area contributed by atoms with Crippen molar-refractivity contribution in [3.8, 4) is 0 Å². The topological polar surface area (TPSA) is 53.9 Å². The Labute approximate surface area is 115 Å². The predicted octanol–water partition coefficient (Wildman–Crippen LogP) is 2.16. The standard InChI is InChI=1S/C14H25N5/c1-11-7-4-5-9-19(11)10-6-8-15-14-16-12(2)13(3)17-18-14/h11H,4-10H2,1-3H3,(H,15,16,18). The average molecular weight is 263 g/mol. The van der Waals surface area contributed by atoms with E-state index in [9.17, 15) is 0 Å². The number of hydrogen-bond donors (Lipinski definition) is 1. The normalized spacial score (nSPS) is 20.5. The fraction of sp³-hybridized carbons (Fsp3) is 0.786. The highest BCUT2D eigenvalue weighted by atomic mass is 15.2. The van der Waals surface area contributed by atoms with E-state index in [0.717, 1.165) is 36.9 Å². The lowest BCUT2D eigenvalue weighted by molar-refractivity contribution is 0.160. The zero-order valence-electron chi connectivity index (χ0n) is 12.3. The summed E-state index contributed by atoms with van der Waals surface area (Å²) in [6.07, 6.45) is 5.21. The minimum Gasteiger partial charge on any atom is -0.353 e. The van der Waals surface area contributed by atoms with Gasteiger partial charge in [0.25, 0.3) is 0 Å². The Morgan fingerprint density at radius 1 is 1.21 bits per heavy atom. The first-order valence-electron chi connectivity index (χ1n) is 7.32. The van der Waals surface area contributed by atoms with Crippen molar-refractivity contribution in [3.63, 3.8) is 0 Å². The van der Waals surface area contributed by atoms with Gasteiger partial charge in [0.15, 0.2) is 0 Å². The van der Waals surface area contributed by atoms with Crippen molar-refractivity contribution >= 4 is 5.95 Å². The Hall–Kier alpha value is -1.23. The fourth-order valence-corrected chi connectivity index (χ4v) is 2.50. The SMILES string of the molecule is Cc1nnc(NCCCN2CCCCC2C)nc1C. The number of aryl methyl sites for hydroxylation is 2. The molecule has 0 bridgehead atoms. The molecule has 0 spiro atoms. The van der Waals surface area contributed by atoms with Gasteiger partial charge in [-0.05, 0) is 46.6 Å². The highest BCUT2D eigenvalue weighted by molar-refractivity contribution is 5.24. The first kappa shape index (κ1) is 14.2. The molecule has 1 aromatic heterocycles. The van der Waals surface area contributed by atoms with Gasteiger partial charge < -0.3 is 10.2 Å². The maximum absolute atomic E-state index is 4.37. The summed E-state index contributed by atoms with van der Waals surface area (Å²) in [4.78, 5) is 6.96. The quantitative estimate of drug-likeness (QED) is 0.825. The third-order valence-electron chi connectivity index (χ3n) is 3.94. The summed E-state index contributed by atoms with van der Waals surface area (Å²) < 4.78 is 0. The third-order valence-corrected chi connectivity index (χ3v) is 3.94.